The highest BCUT2D eigenvalue weighted by molar-refractivity contribution is 6.31. The number of aromatic nitrogens is 1. The number of carbonyl (C=O) groups is 2. The Balaban J connectivity index is 1.65. The van der Waals surface area contributed by atoms with Gasteiger partial charge in [-0.3, -0.25) is 4.79 Å². The molecule has 44 heavy (non-hydrogen) atoms. The van der Waals surface area contributed by atoms with Crippen LogP contribution in [0.4, 0.5) is 14.5 Å². The van der Waals surface area contributed by atoms with Gasteiger partial charge in [0.15, 0.2) is 5.58 Å². The van der Waals surface area contributed by atoms with E-state index in [0.717, 1.165) is 6.07 Å². The van der Waals surface area contributed by atoms with Crippen LogP contribution >= 0.6 is 23.2 Å². The Labute approximate surface area is 262 Å². The van der Waals surface area contributed by atoms with Crippen molar-refractivity contribution in [2.45, 2.75) is 50.6 Å². The lowest BCUT2D eigenvalue weighted by molar-refractivity contribution is -0.118. The number of nitrogens with one attached hydrogen (secondary N) is 2. The van der Waals surface area contributed by atoms with Crippen LogP contribution in [0, 0.1) is 28.4 Å². The largest absolute Gasteiger partial charge is 0.462 e. The molecule has 3 aromatic carbocycles. The van der Waals surface area contributed by atoms with E-state index in [4.69, 9.17) is 27.6 Å². The summed E-state index contributed by atoms with van der Waals surface area (Å²) < 4.78 is 41.7. The van der Waals surface area contributed by atoms with Crippen LogP contribution in [-0.2, 0) is 14.9 Å². The Morgan fingerprint density at radius 2 is 1.91 bits per heavy atom. The SMILES string of the molecule is COC(=O)c1nc2cc(NC(=O)[C@@H]3N[C@@H](CC(C)(C)C)[C@](C#N)(c4ccc(Cl)cc4F)[C@H]3c3cccc(Cl)c3F)ccc2o1. The minimum Gasteiger partial charge on any atom is -0.462 e. The number of fused-ring (bicyclic) bond motifs is 1. The number of hydrogen-bond acceptors (Lipinski definition) is 7. The molecule has 1 fully saturated rings. The summed E-state index contributed by atoms with van der Waals surface area (Å²) in [6.07, 6.45) is 0.326. The van der Waals surface area contributed by atoms with Gasteiger partial charge in [0.05, 0.1) is 24.2 Å². The van der Waals surface area contributed by atoms with Crippen molar-refractivity contribution in [3.63, 3.8) is 0 Å². The van der Waals surface area contributed by atoms with E-state index in [0.29, 0.717) is 12.1 Å². The molecule has 4 atom stereocenters. The fourth-order valence-corrected chi connectivity index (χ4v) is 6.30. The number of oxazole rings is 1. The number of rotatable bonds is 6. The first-order valence-corrected chi connectivity index (χ1v) is 14.4. The molecular formula is C32H28Cl2F2N4O4. The van der Waals surface area contributed by atoms with Gasteiger partial charge in [-0.05, 0) is 53.8 Å². The van der Waals surface area contributed by atoms with Gasteiger partial charge in [-0.2, -0.15) is 5.26 Å². The van der Waals surface area contributed by atoms with Gasteiger partial charge in [0.1, 0.15) is 22.6 Å². The Morgan fingerprint density at radius 1 is 1.16 bits per heavy atom. The Kier molecular flexibility index (Phi) is 8.42. The van der Waals surface area contributed by atoms with E-state index < -0.39 is 46.9 Å². The monoisotopic (exact) mass is 640 g/mol. The van der Waals surface area contributed by atoms with Crippen molar-refractivity contribution in [1.29, 1.82) is 5.26 Å². The number of ether oxygens (including phenoxy) is 1. The average molecular weight is 642 g/mol. The third kappa shape index (κ3) is 5.63. The van der Waals surface area contributed by atoms with Gasteiger partial charge < -0.3 is 19.8 Å². The molecule has 1 amide bonds. The van der Waals surface area contributed by atoms with Crippen LogP contribution in [0.1, 0.15) is 54.9 Å². The summed E-state index contributed by atoms with van der Waals surface area (Å²) in [7, 11) is 1.20. The summed E-state index contributed by atoms with van der Waals surface area (Å²) in [6, 6.07) is 13.1. The second-order valence-corrected chi connectivity index (χ2v) is 12.7. The Bertz CT molecular complexity index is 1820. The summed E-state index contributed by atoms with van der Waals surface area (Å²) in [5, 5.41) is 17.0. The predicted octanol–water partition coefficient (Wildman–Crippen LogP) is 7.16. The molecule has 0 radical (unpaired) electrons. The topological polar surface area (TPSA) is 117 Å². The number of nitrogens with zero attached hydrogens (tertiary/aromatic N) is 2. The average Bonchev–Trinajstić information content (AvgIpc) is 3.52. The summed E-state index contributed by atoms with van der Waals surface area (Å²) >= 11 is 12.3. The molecule has 2 heterocycles. The highest BCUT2D eigenvalue weighted by Gasteiger charge is 2.61. The van der Waals surface area contributed by atoms with Crippen LogP contribution in [0.2, 0.25) is 10.0 Å². The molecule has 1 aliphatic heterocycles. The second-order valence-electron chi connectivity index (χ2n) is 11.9. The number of carbonyl (C=O) groups excluding carboxylic acids is 2. The number of benzene rings is 3. The molecule has 1 aliphatic rings. The maximum Gasteiger partial charge on any atom is 0.394 e. The molecule has 1 saturated heterocycles. The smallest absolute Gasteiger partial charge is 0.394 e. The third-order valence-corrected chi connectivity index (χ3v) is 8.27. The quantitative estimate of drug-likeness (QED) is 0.215. The molecule has 228 valence electrons. The summed E-state index contributed by atoms with van der Waals surface area (Å²) in [6.45, 7) is 5.85. The zero-order valence-corrected chi connectivity index (χ0v) is 25.7. The molecule has 0 bridgehead atoms. The number of hydrogen-bond donors (Lipinski definition) is 2. The highest BCUT2D eigenvalue weighted by Crippen LogP contribution is 2.53. The van der Waals surface area contributed by atoms with Crippen LogP contribution in [-0.4, -0.2) is 36.1 Å². The van der Waals surface area contributed by atoms with Crippen molar-refractivity contribution in [1.82, 2.24) is 10.3 Å². The predicted molar refractivity (Wildman–Crippen MR) is 162 cm³/mol. The van der Waals surface area contributed by atoms with E-state index >= 15 is 8.78 Å². The lowest BCUT2D eigenvalue weighted by Gasteiger charge is -2.37. The molecule has 5 rings (SSSR count). The second kappa shape index (κ2) is 11.8. The minimum absolute atomic E-state index is 0.0212. The maximum absolute atomic E-state index is 15.8. The molecule has 2 N–H and O–H groups in total. The van der Waals surface area contributed by atoms with Crippen molar-refractivity contribution in [2.75, 3.05) is 12.4 Å². The lowest BCUT2D eigenvalue weighted by Crippen LogP contribution is -2.45. The molecule has 8 nitrogen and oxygen atoms in total. The van der Waals surface area contributed by atoms with Gasteiger partial charge in [-0.25, -0.2) is 18.6 Å². The first-order valence-electron chi connectivity index (χ1n) is 13.7. The van der Waals surface area contributed by atoms with E-state index in [9.17, 15) is 14.9 Å². The number of methoxy groups -OCH3 is 1. The Morgan fingerprint density at radius 3 is 2.57 bits per heavy atom. The zero-order valence-electron chi connectivity index (χ0n) is 24.2. The van der Waals surface area contributed by atoms with Gasteiger partial charge in [0.2, 0.25) is 5.91 Å². The van der Waals surface area contributed by atoms with Crippen LogP contribution in [0.25, 0.3) is 11.1 Å². The maximum atomic E-state index is 15.8. The number of esters is 1. The van der Waals surface area contributed by atoms with Crippen LogP contribution in [0.3, 0.4) is 0 Å². The molecule has 12 heteroatoms. The van der Waals surface area contributed by atoms with E-state index in [-0.39, 0.29) is 43.6 Å². The van der Waals surface area contributed by atoms with Crippen LogP contribution in [0.5, 0.6) is 0 Å². The van der Waals surface area contributed by atoms with Crippen LogP contribution < -0.4 is 10.6 Å². The highest BCUT2D eigenvalue weighted by atomic mass is 35.5. The number of halogens is 4. The summed E-state index contributed by atoms with van der Waals surface area (Å²) in [4.78, 5) is 30.1. The molecular weight excluding hydrogens is 613 g/mol. The third-order valence-electron chi connectivity index (χ3n) is 7.75. The van der Waals surface area contributed by atoms with Crippen molar-refractivity contribution in [2.24, 2.45) is 5.41 Å². The van der Waals surface area contributed by atoms with Gasteiger partial charge >= 0.3 is 11.9 Å². The van der Waals surface area contributed by atoms with E-state index in [1.165, 1.54) is 49.6 Å². The van der Waals surface area contributed by atoms with Crippen LogP contribution in [0.15, 0.2) is 59.0 Å². The first-order chi connectivity index (χ1) is 20.8. The summed E-state index contributed by atoms with van der Waals surface area (Å²) in [5.41, 5.74) is -1.34. The molecule has 0 spiro atoms. The van der Waals surface area contributed by atoms with Crippen molar-refractivity contribution in [3.8, 4) is 6.07 Å². The van der Waals surface area contributed by atoms with Gasteiger partial charge in [-0.1, -0.05) is 62.2 Å². The first kappa shape index (κ1) is 31.4. The normalized spacial score (nSPS) is 21.7. The fourth-order valence-electron chi connectivity index (χ4n) is 5.96. The van der Waals surface area contributed by atoms with Gasteiger partial charge in [-0.15, -0.1) is 0 Å². The number of amides is 1. The summed E-state index contributed by atoms with van der Waals surface area (Å²) in [5.74, 6) is -4.43. The Hall–Kier alpha value is -4.04. The molecule has 0 unspecified atom stereocenters. The number of anilines is 1. The standard InChI is InChI=1S/C32H28Cl2F2N4O4/c1-31(2,3)14-24-32(15-37,19-10-8-16(33)12-21(19)35)25(18-6-5-7-20(34)26(18)36)27(40-24)28(41)38-17-9-11-23-22(13-17)39-29(44-23)30(42)43-4/h5-13,24-25,27,40H,14H2,1-4H3,(H,38,41)/t24-,25-,27+,32-/m0/s1. The minimum atomic E-state index is -1.76. The van der Waals surface area contributed by atoms with E-state index in [1.807, 2.05) is 20.8 Å². The molecule has 0 aliphatic carbocycles. The number of nitriles is 1. The molecule has 0 saturated carbocycles. The van der Waals surface area contributed by atoms with E-state index in [2.05, 4.69) is 26.4 Å². The zero-order chi connectivity index (χ0) is 32.0. The van der Waals surface area contributed by atoms with Crippen molar-refractivity contribution >= 4 is 51.9 Å². The van der Waals surface area contributed by atoms with E-state index in [1.54, 1.807) is 6.07 Å². The molecule has 4 aromatic rings. The fraction of sp³-hybridized carbons (Fsp3) is 0.312. The molecule has 1 aromatic heterocycles. The lowest BCUT2D eigenvalue weighted by atomic mass is 9.62. The van der Waals surface area contributed by atoms with Gasteiger partial charge in [0, 0.05) is 28.2 Å². The van der Waals surface area contributed by atoms with Crippen molar-refractivity contribution < 1.29 is 27.5 Å². The van der Waals surface area contributed by atoms with Crippen molar-refractivity contribution in [3.05, 3.63) is 93.3 Å². The van der Waals surface area contributed by atoms with Gasteiger partial charge in [0.25, 0.3) is 0 Å².